The number of imide groups is 1. The number of nitrogens with one attached hydrogen (secondary N) is 1. The molecule has 0 saturated carbocycles. The van der Waals surface area contributed by atoms with E-state index in [0.717, 1.165) is 4.90 Å². The number of nitrogens with zero attached hydrogens (tertiary/aromatic N) is 1. The molecule has 1 aromatic rings. The topological polar surface area (TPSA) is 84.9 Å². The predicted molar refractivity (Wildman–Crippen MR) is 86.4 cm³/mol. The number of carbonyl (C=O) groups is 3. The molecule has 7 heteroatoms. The quantitative estimate of drug-likeness (QED) is 0.633. The lowest BCUT2D eigenvalue weighted by Crippen LogP contribution is -2.44. The van der Waals surface area contributed by atoms with Gasteiger partial charge in [-0.15, -0.1) is 0 Å². The van der Waals surface area contributed by atoms with Crippen LogP contribution < -0.4 is 10.1 Å². The number of hydrogen-bond acceptors (Lipinski definition) is 5. The summed E-state index contributed by atoms with van der Waals surface area (Å²) in [5.41, 5.74) is -0.537. The zero-order chi connectivity index (χ0) is 17.9. The molecule has 1 aliphatic rings. The van der Waals surface area contributed by atoms with Crippen LogP contribution in [0.3, 0.4) is 0 Å². The zero-order valence-corrected chi connectivity index (χ0v) is 14.3. The maximum Gasteiger partial charge on any atom is 0.326 e. The molecule has 1 aliphatic heterocycles. The van der Waals surface area contributed by atoms with Crippen molar-refractivity contribution in [1.29, 1.82) is 0 Å². The Morgan fingerprint density at radius 3 is 2.38 bits per heavy atom. The molecule has 3 amide bonds. The van der Waals surface area contributed by atoms with Gasteiger partial charge in [-0.2, -0.15) is 0 Å². The number of rotatable bonds is 6. The molecule has 0 aromatic heterocycles. The van der Waals surface area contributed by atoms with Crippen molar-refractivity contribution in [3.63, 3.8) is 0 Å². The summed E-state index contributed by atoms with van der Waals surface area (Å²) in [6.07, 6.45) is 0.0513. The number of carbonyl (C=O) groups excluding carboxylic acids is 3. The molecular weight excluding hydrogens is 312 g/mol. The largest absolute Gasteiger partial charge is 0.497 e. The molecule has 1 aromatic carbocycles. The van der Waals surface area contributed by atoms with Gasteiger partial charge in [-0.1, -0.05) is 19.1 Å². The van der Waals surface area contributed by atoms with Crippen molar-refractivity contribution in [3.05, 3.63) is 29.8 Å². The van der Waals surface area contributed by atoms with Gasteiger partial charge in [0, 0.05) is 0 Å². The molecule has 1 N–H and O–H groups in total. The molecule has 24 heavy (non-hydrogen) atoms. The summed E-state index contributed by atoms with van der Waals surface area (Å²) in [4.78, 5) is 37.8. The first-order valence-corrected chi connectivity index (χ1v) is 7.82. The molecular formula is C17H22N2O5. The van der Waals surface area contributed by atoms with Gasteiger partial charge in [0.1, 0.15) is 17.8 Å². The number of urea groups is 1. The average molecular weight is 334 g/mol. The predicted octanol–water partition coefficient (Wildman–Crippen LogP) is 1.80. The fraction of sp³-hybridized carbons (Fsp3) is 0.471. The smallest absolute Gasteiger partial charge is 0.326 e. The second-order valence-electron chi connectivity index (χ2n) is 5.85. The van der Waals surface area contributed by atoms with Crippen LogP contribution in [-0.4, -0.2) is 42.6 Å². The summed E-state index contributed by atoms with van der Waals surface area (Å²) in [6.45, 7) is 4.81. The minimum Gasteiger partial charge on any atom is -0.497 e. The number of esters is 1. The second-order valence-corrected chi connectivity index (χ2v) is 5.85. The number of amides is 3. The van der Waals surface area contributed by atoms with Gasteiger partial charge in [0.15, 0.2) is 0 Å². The molecule has 0 unspecified atom stereocenters. The van der Waals surface area contributed by atoms with Crippen LogP contribution in [0.2, 0.25) is 0 Å². The van der Waals surface area contributed by atoms with Crippen molar-refractivity contribution >= 4 is 17.9 Å². The zero-order valence-electron chi connectivity index (χ0n) is 14.3. The van der Waals surface area contributed by atoms with Crippen LogP contribution in [-0.2, 0) is 19.9 Å². The van der Waals surface area contributed by atoms with Crippen molar-refractivity contribution < 1.29 is 23.9 Å². The first kappa shape index (κ1) is 17.8. The number of hydrogen-bond donors (Lipinski definition) is 1. The van der Waals surface area contributed by atoms with Crippen molar-refractivity contribution in [2.75, 3.05) is 13.7 Å². The van der Waals surface area contributed by atoms with Gasteiger partial charge >= 0.3 is 12.0 Å². The Morgan fingerprint density at radius 2 is 1.88 bits per heavy atom. The molecule has 2 rings (SSSR count). The van der Waals surface area contributed by atoms with Gasteiger partial charge < -0.3 is 14.8 Å². The fourth-order valence-electron chi connectivity index (χ4n) is 2.71. The van der Waals surface area contributed by atoms with Crippen molar-refractivity contribution in [2.45, 2.75) is 38.8 Å². The van der Waals surface area contributed by atoms with Gasteiger partial charge in [-0.3, -0.25) is 14.5 Å². The first-order valence-electron chi connectivity index (χ1n) is 7.82. The first-order chi connectivity index (χ1) is 11.3. The van der Waals surface area contributed by atoms with Crippen LogP contribution in [0.4, 0.5) is 4.79 Å². The van der Waals surface area contributed by atoms with E-state index >= 15 is 0 Å². The van der Waals surface area contributed by atoms with E-state index in [-0.39, 0.29) is 6.10 Å². The number of methoxy groups -OCH3 is 1. The molecule has 1 fully saturated rings. The Kier molecular flexibility index (Phi) is 5.11. The normalized spacial score (nSPS) is 20.3. The Balaban J connectivity index is 2.27. The highest BCUT2D eigenvalue weighted by Crippen LogP contribution is 2.33. The summed E-state index contributed by atoms with van der Waals surface area (Å²) < 4.78 is 10.1. The number of benzene rings is 1. The fourth-order valence-corrected chi connectivity index (χ4v) is 2.71. The van der Waals surface area contributed by atoms with E-state index in [1.165, 1.54) is 0 Å². The molecule has 130 valence electrons. The lowest BCUT2D eigenvalue weighted by atomic mass is 9.87. The SMILES string of the molecule is CC[C@@]1(c2ccc(OC)cc2)NC(=O)N(CC(=O)OC(C)C)C1=O. The molecule has 0 bridgehead atoms. The monoisotopic (exact) mass is 334 g/mol. The van der Waals surface area contributed by atoms with Crippen LogP contribution in [0.5, 0.6) is 5.75 Å². The highest BCUT2D eigenvalue weighted by atomic mass is 16.5. The summed E-state index contributed by atoms with van der Waals surface area (Å²) in [6, 6.07) is 6.31. The minimum absolute atomic E-state index is 0.309. The molecule has 0 radical (unpaired) electrons. The maximum atomic E-state index is 12.8. The third kappa shape index (κ3) is 3.20. The minimum atomic E-state index is -1.18. The van der Waals surface area contributed by atoms with Crippen LogP contribution in [0.1, 0.15) is 32.8 Å². The summed E-state index contributed by atoms with van der Waals surface area (Å²) in [5.74, 6) is -0.421. The molecule has 1 heterocycles. The third-order valence-corrected chi connectivity index (χ3v) is 3.94. The molecule has 1 saturated heterocycles. The Hall–Kier alpha value is -2.57. The van der Waals surface area contributed by atoms with E-state index in [0.29, 0.717) is 17.7 Å². The van der Waals surface area contributed by atoms with E-state index in [9.17, 15) is 14.4 Å². The van der Waals surface area contributed by atoms with E-state index in [4.69, 9.17) is 9.47 Å². The molecule has 7 nitrogen and oxygen atoms in total. The third-order valence-electron chi connectivity index (χ3n) is 3.94. The van der Waals surface area contributed by atoms with E-state index < -0.39 is 30.0 Å². The molecule has 1 atom stereocenters. The highest BCUT2D eigenvalue weighted by molar-refractivity contribution is 6.09. The lowest BCUT2D eigenvalue weighted by molar-refractivity contribution is -0.151. The van der Waals surface area contributed by atoms with Crippen LogP contribution in [0, 0.1) is 0 Å². The number of ether oxygens (including phenoxy) is 2. The molecule has 0 spiro atoms. The second kappa shape index (κ2) is 6.90. The lowest BCUT2D eigenvalue weighted by Gasteiger charge is -2.26. The van der Waals surface area contributed by atoms with Crippen LogP contribution in [0.15, 0.2) is 24.3 Å². The summed E-state index contributed by atoms with van der Waals surface area (Å²) in [7, 11) is 1.55. The van der Waals surface area contributed by atoms with Crippen molar-refractivity contribution in [2.24, 2.45) is 0 Å². The van der Waals surface area contributed by atoms with Gasteiger partial charge in [-0.05, 0) is 38.0 Å². The average Bonchev–Trinajstić information content (AvgIpc) is 2.79. The summed E-state index contributed by atoms with van der Waals surface area (Å²) >= 11 is 0. The Morgan fingerprint density at radius 1 is 1.25 bits per heavy atom. The van der Waals surface area contributed by atoms with Gasteiger partial charge in [-0.25, -0.2) is 4.79 Å². The van der Waals surface area contributed by atoms with E-state index in [2.05, 4.69) is 5.32 Å². The van der Waals surface area contributed by atoms with Gasteiger partial charge in [0.2, 0.25) is 0 Å². The van der Waals surface area contributed by atoms with Crippen molar-refractivity contribution in [1.82, 2.24) is 10.2 Å². The van der Waals surface area contributed by atoms with Gasteiger partial charge in [0.05, 0.1) is 13.2 Å². The maximum absolute atomic E-state index is 12.8. The molecule has 0 aliphatic carbocycles. The Bertz CT molecular complexity index is 641. The van der Waals surface area contributed by atoms with Crippen LogP contribution in [0.25, 0.3) is 0 Å². The van der Waals surface area contributed by atoms with Gasteiger partial charge in [0.25, 0.3) is 5.91 Å². The van der Waals surface area contributed by atoms with E-state index in [1.807, 2.05) is 0 Å². The summed E-state index contributed by atoms with van der Waals surface area (Å²) in [5, 5.41) is 2.72. The standard InChI is InChI=1S/C17H22N2O5/c1-5-17(12-6-8-13(23-4)9-7-12)15(21)19(16(22)18-17)10-14(20)24-11(2)3/h6-9,11H,5,10H2,1-4H3,(H,18,22)/t17-/m0/s1. The van der Waals surface area contributed by atoms with Crippen LogP contribution >= 0.6 is 0 Å². The Labute approximate surface area is 140 Å². The van der Waals surface area contributed by atoms with Crippen molar-refractivity contribution in [3.8, 4) is 5.75 Å². The van der Waals surface area contributed by atoms with E-state index in [1.54, 1.807) is 52.1 Å². The highest BCUT2D eigenvalue weighted by Gasteiger charge is 2.51.